The number of carbonyl (C=O) groups is 1. The third-order valence-electron chi connectivity index (χ3n) is 2.61. The number of hydrogen-bond acceptors (Lipinski definition) is 6. The normalized spacial score (nSPS) is 12.3. The summed E-state index contributed by atoms with van der Waals surface area (Å²) in [5.74, 6) is 0.597. The van der Waals surface area contributed by atoms with E-state index >= 15 is 0 Å². The number of ether oxygens (including phenoxy) is 1. The number of methoxy groups -OCH3 is 1. The second kappa shape index (κ2) is 6.44. The van der Waals surface area contributed by atoms with E-state index in [1.54, 1.807) is 25.4 Å². The van der Waals surface area contributed by atoms with Gasteiger partial charge in [0, 0.05) is 13.7 Å². The van der Waals surface area contributed by atoms with E-state index in [0.717, 1.165) is 10.2 Å². The molecule has 0 spiro atoms. The van der Waals surface area contributed by atoms with Crippen LogP contribution in [0.25, 0.3) is 10.2 Å². The van der Waals surface area contributed by atoms with Gasteiger partial charge in [-0.3, -0.25) is 4.79 Å². The summed E-state index contributed by atoms with van der Waals surface area (Å²) in [4.78, 5) is 21.1. The van der Waals surface area contributed by atoms with Crippen molar-refractivity contribution in [2.24, 2.45) is 0 Å². The Kier molecular flexibility index (Phi) is 4.64. The summed E-state index contributed by atoms with van der Waals surface area (Å²) in [7, 11) is 1.60. The van der Waals surface area contributed by atoms with E-state index < -0.39 is 0 Å². The molecule has 2 aromatic heterocycles. The maximum atomic E-state index is 11.8. The molecule has 7 heteroatoms. The van der Waals surface area contributed by atoms with Crippen LogP contribution in [-0.2, 0) is 9.53 Å². The number of hydrogen-bond donors (Lipinski definition) is 2. The van der Waals surface area contributed by atoms with Crippen LogP contribution in [0.15, 0.2) is 17.8 Å². The molecular formula is C12H16N4O2S. The molecule has 0 aromatic carbocycles. The number of nitrogens with zero attached hydrogens (tertiary/aromatic N) is 2. The number of carbonyl (C=O) groups excluding carboxylic acids is 1. The van der Waals surface area contributed by atoms with Crippen molar-refractivity contribution in [3.05, 3.63) is 17.8 Å². The molecule has 0 fully saturated rings. The highest BCUT2D eigenvalue weighted by molar-refractivity contribution is 7.16. The summed E-state index contributed by atoms with van der Waals surface area (Å²) in [5, 5.41) is 8.77. The van der Waals surface area contributed by atoms with E-state index in [4.69, 9.17) is 4.74 Å². The first-order valence-electron chi connectivity index (χ1n) is 5.93. The second-order valence-corrected chi connectivity index (χ2v) is 4.91. The third-order valence-corrected chi connectivity index (χ3v) is 3.43. The number of rotatable bonds is 6. The molecule has 1 amide bonds. The van der Waals surface area contributed by atoms with E-state index in [1.807, 2.05) is 11.4 Å². The van der Waals surface area contributed by atoms with Gasteiger partial charge in [0.15, 0.2) is 0 Å². The summed E-state index contributed by atoms with van der Waals surface area (Å²) in [6.45, 7) is 2.79. The van der Waals surface area contributed by atoms with Crippen molar-refractivity contribution < 1.29 is 9.53 Å². The van der Waals surface area contributed by atoms with E-state index in [2.05, 4.69) is 20.6 Å². The molecule has 2 rings (SSSR count). The highest BCUT2D eigenvalue weighted by Crippen LogP contribution is 2.23. The Morgan fingerprint density at radius 2 is 2.37 bits per heavy atom. The predicted octanol–water partition coefficient (Wildman–Crippen LogP) is 1.25. The molecule has 0 aliphatic rings. The maximum Gasteiger partial charge on any atom is 0.242 e. The van der Waals surface area contributed by atoms with E-state index in [9.17, 15) is 4.79 Å². The van der Waals surface area contributed by atoms with Crippen LogP contribution in [0.4, 0.5) is 5.82 Å². The number of amides is 1. The average molecular weight is 280 g/mol. The van der Waals surface area contributed by atoms with Crippen LogP contribution in [0, 0.1) is 0 Å². The van der Waals surface area contributed by atoms with Gasteiger partial charge in [0.2, 0.25) is 5.91 Å². The minimum atomic E-state index is -0.366. The van der Waals surface area contributed by atoms with Crippen LogP contribution in [0.3, 0.4) is 0 Å². The topological polar surface area (TPSA) is 76.1 Å². The fourth-order valence-corrected chi connectivity index (χ4v) is 2.34. The Morgan fingerprint density at radius 3 is 3.16 bits per heavy atom. The molecule has 0 saturated heterocycles. The zero-order chi connectivity index (χ0) is 13.7. The van der Waals surface area contributed by atoms with Gasteiger partial charge in [-0.25, -0.2) is 9.97 Å². The van der Waals surface area contributed by atoms with Gasteiger partial charge in [-0.15, -0.1) is 11.3 Å². The van der Waals surface area contributed by atoms with Crippen molar-refractivity contribution in [3.8, 4) is 0 Å². The van der Waals surface area contributed by atoms with Crippen molar-refractivity contribution in [2.75, 3.05) is 25.6 Å². The number of thiophene rings is 1. The van der Waals surface area contributed by atoms with Crippen LogP contribution < -0.4 is 10.6 Å². The largest absolute Gasteiger partial charge is 0.383 e. The Labute approximate surface area is 115 Å². The zero-order valence-corrected chi connectivity index (χ0v) is 11.7. The van der Waals surface area contributed by atoms with E-state index in [-0.39, 0.29) is 11.9 Å². The molecule has 0 aliphatic heterocycles. The van der Waals surface area contributed by atoms with E-state index in [0.29, 0.717) is 19.0 Å². The van der Waals surface area contributed by atoms with Crippen LogP contribution in [0.1, 0.15) is 6.92 Å². The van der Waals surface area contributed by atoms with Crippen LogP contribution >= 0.6 is 11.3 Å². The lowest BCUT2D eigenvalue weighted by Crippen LogP contribution is -2.39. The molecule has 2 aromatic rings. The monoisotopic (exact) mass is 280 g/mol. The molecule has 0 aliphatic carbocycles. The first-order chi connectivity index (χ1) is 9.22. The fourth-order valence-electron chi connectivity index (χ4n) is 1.61. The smallest absolute Gasteiger partial charge is 0.242 e. The number of aromatic nitrogens is 2. The minimum absolute atomic E-state index is 0.0842. The first kappa shape index (κ1) is 13.7. The molecule has 1 atom stereocenters. The lowest BCUT2D eigenvalue weighted by atomic mass is 10.3. The lowest BCUT2D eigenvalue weighted by molar-refractivity contribution is -0.121. The summed E-state index contributed by atoms with van der Waals surface area (Å²) in [6, 6.07) is 1.58. The summed E-state index contributed by atoms with van der Waals surface area (Å²) in [5.41, 5.74) is 0. The molecular weight excluding hydrogens is 264 g/mol. The van der Waals surface area contributed by atoms with Gasteiger partial charge in [0.05, 0.1) is 12.0 Å². The maximum absolute atomic E-state index is 11.8. The average Bonchev–Trinajstić information content (AvgIpc) is 2.88. The number of nitrogens with one attached hydrogen (secondary N) is 2. The predicted molar refractivity (Wildman–Crippen MR) is 75.4 cm³/mol. The Balaban J connectivity index is 2.00. The molecule has 2 heterocycles. The van der Waals surface area contributed by atoms with Gasteiger partial charge in [-0.2, -0.15) is 0 Å². The van der Waals surface area contributed by atoms with Gasteiger partial charge in [-0.1, -0.05) is 0 Å². The summed E-state index contributed by atoms with van der Waals surface area (Å²) >= 11 is 1.55. The van der Waals surface area contributed by atoms with Crippen molar-refractivity contribution >= 4 is 33.3 Å². The third kappa shape index (κ3) is 3.39. The Hall–Kier alpha value is -1.73. The second-order valence-electron chi connectivity index (χ2n) is 4.01. The van der Waals surface area contributed by atoms with Crippen LogP contribution in [0.5, 0.6) is 0 Å². The molecule has 0 radical (unpaired) electrons. The highest BCUT2D eigenvalue weighted by atomic mass is 32.1. The molecule has 0 bridgehead atoms. The minimum Gasteiger partial charge on any atom is -0.383 e. The molecule has 0 saturated carbocycles. The molecule has 19 heavy (non-hydrogen) atoms. The SMILES string of the molecule is COCCNC(=O)C(C)Nc1ncnc2sccc12. The van der Waals surface area contributed by atoms with Crippen molar-refractivity contribution in [2.45, 2.75) is 13.0 Å². The standard InChI is InChI=1S/C12H16N4O2S/c1-8(11(17)13-4-5-18-2)16-10-9-3-6-19-12(9)15-7-14-10/h3,6-8H,4-5H2,1-2H3,(H,13,17)(H,14,15,16). The van der Waals surface area contributed by atoms with E-state index in [1.165, 1.54) is 6.33 Å². The Morgan fingerprint density at radius 1 is 1.53 bits per heavy atom. The molecule has 1 unspecified atom stereocenters. The van der Waals surface area contributed by atoms with Gasteiger partial charge in [-0.05, 0) is 18.4 Å². The highest BCUT2D eigenvalue weighted by Gasteiger charge is 2.14. The quantitative estimate of drug-likeness (QED) is 0.779. The van der Waals surface area contributed by atoms with Crippen LogP contribution in [-0.4, -0.2) is 42.2 Å². The molecule has 2 N–H and O–H groups in total. The summed E-state index contributed by atoms with van der Waals surface area (Å²) in [6.07, 6.45) is 1.50. The van der Waals surface area contributed by atoms with Gasteiger partial charge in [0.25, 0.3) is 0 Å². The van der Waals surface area contributed by atoms with Gasteiger partial charge >= 0.3 is 0 Å². The first-order valence-corrected chi connectivity index (χ1v) is 6.81. The van der Waals surface area contributed by atoms with Crippen molar-refractivity contribution in [3.63, 3.8) is 0 Å². The number of fused-ring (bicyclic) bond motifs is 1. The molecule has 6 nitrogen and oxygen atoms in total. The number of anilines is 1. The fraction of sp³-hybridized carbons (Fsp3) is 0.417. The van der Waals surface area contributed by atoms with Gasteiger partial charge in [0.1, 0.15) is 23.0 Å². The van der Waals surface area contributed by atoms with Crippen LogP contribution in [0.2, 0.25) is 0 Å². The van der Waals surface area contributed by atoms with Gasteiger partial charge < -0.3 is 15.4 Å². The summed E-state index contributed by atoms with van der Waals surface area (Å²) < 4.78 is 4.88. The zero-order valence-electron chi connectivity index (χ0n) is 10.8. The Bertz CT molecular complexity index is 557. The van der Waals surface area contributed by atoms with Crippen molar-refractivity contribution in [1.82, 2.24) is 15.3 Å². The molecule has 102 valence electrons. The van der Waals surface area contributed by atoms with Crippen molar-refractivity contribution in [1.29, 1.82) is 0 Å². The lowest BCUT2D eigenvalue weighted by Gasteiger charge is -2.14.